The highest BCUT2D eigenvalue weighted by Crippen LogP contribution is 2.36. The molecule has 0 spiro atoms. The van der Waals surface area contributed by atoms with Gasteiger partial charge in [-0.3, -0.25) is 14.9 Å². The predicted octanol–water partition coefficient (Wildman–Crippen LogP) is 3.73. The van der Waals surface area contributed by atoms with Gasteiger partial charge in [-0.2, -0.15) is 0 Å². The van der Waals surface area contributed by atoms with Crippen molar-refractivity contribution in [3.8, 4) is 0 Å². The molecule has 0 aliphatic carbocycles. The Labute approximate surface area is 153 Å². The van der Waals surface area contributed by atoms with Gasteiger partial charge in [0.05, 0.1) is 5.54 Å². The average Bonchev–Trinajstić information content (AvgIpc) is 2.73. The summed E-state index contributed by atoms with van der Waals surface area (Å²) in [7, 11) is 0. The van der Waals surface area contributed by atoms with E-state index in [1.165, 1.54) is 0 Å². The molecule has 0 atom stereocenters. The quantitative estimate of drug-likeness (QED) is 0.385. The monoisotopic (exact) mass is 343 g/mol. The van der Waals surface area contributed by atoms with E-state index < -0.39 is 11.3 Å². The van der Waals surface area contributed by atoms with E-state index in [4.69, 9.17) is 0 Å². The van der Waals surface area contributed by atoms with Crippen molar-refractivity contribution in [1.82, 2.24) is 5.32 Å². The number of carbonyl (C=O) groups excluding carboxylic acids is 2. The number of carbonyl (C=O) groups is 2. The topological polar surface area (TPSA) is 46.2 Å². The fourth-order valence-corrected chi connectivity index (χ4v) is 3.30. The van der Waals surface area contributed by atoms with Crippen LogP contribution in [0.4, 0.5) is 0 Å². The van der Waals surface area contributed by atoms with Crippen LogP contribution in [0.2, 0.25) is 0 Å². The molecular formula is C23H21NO2. The fourth-order valence-electron chi connectivity index (χ4n) is 3.30. The molecule has 0 unspecified atom stereocenters. The van der Waals surface area contributed by atoms with Gasteiger partial charge in [0.15, 0.2) is 12.1 Å². The third-order valence-corrected chi connectivity index (χ3v) is 4.51. The molecule has 3 nitrogen and oxygen atoms in total. The molecule has 0 aromatic heterocycles. The molecule has 0 saturated heterocycles. The summed E-state index contributed by atoms with van der Waals surface area (Å²) < 4.78 is 0. The van der Waals surface area contributed by atoms with Crippen LogP contribution in [-0.4, -0.2) is 18.6 Å². The molecule has 3 heteroatoms. The Morgan fingerprint density at radius 1 is 0.731 bits per heavy atom. The van der Waals surface area contributed by atoms with Gasteiger partial charge >= 0.3 is 0 Å². The van der Waals surface area contributed by atoms with Crippen molar-refractivity contribution in [1.29, 1.82) is 0 Å². The molecule has 0 saturated carbocycles. The Morgan fingerprint density at radius 2 is 1.12 bits per heavy atom. The smallest absolute Gasteiger partial charge is 0.196 e. The van der Waals surface area contributed by atoms with Crippen LogP contribution in [0.5, 0.6) is 0 Å². The first kappa shape index (κ1) is 17.8. The second-order valence-electron chi connectivity index (χ2n) is 6.11. The minimum Gasteiger partial charge on any atom is -0.300 e. The van der Waals surface area contributed by atoms with Gasteiger partial charge in [0, 0.05) is 13.0 Å². The van der Waals surface area contributed by atoms with Crippen molar-refractivity contribution >= 4 is 12.1 Å². The molecule has 0 amide bonds. The highest BCUT2D eigenvalue weighted by atomic mass is 16.2. The zero-order chi connectivity index (χ0) is 18.2. The van der Waals surface area contributed by atoms with E-state index in [0.29, 0.717) is 12.8 Å². The molecule has 26 heavy (non-hydrogen) atoms. The molecule has 3 rings (SSSR count). The Balaban J connectivity index is 2.14. The van der Waals surface area contributed by atoms with Gasteiger partial charge in [0.1, 0.15) is 0 Å². The maximum absolute atomic E-state index is 11.5. The van der Waals surface area contributed by atoms with E-state index >= 15 is 0 Å². The summed E-state index contributed by atoms with van der Waals surface area (Å²) in [4.78, 5) is 22.2. The maximum Gasteiger partial charge on any atom is 0.196 e. The van der Waals surface area contributed by atoms with Crippen molar-refractivity contribution in [2.45, 2.75) is 12.0 Å². The number of rotatable bonds is 8. The van der Waals surface area contributed by atoms with Crippen LogP contribution in [0.25, 0.3) is 0 Å². The molecule has 0 aliphatic heterocycles. The number of aldehydes is 1. The van der Waals surface area contributed by atoms with Crippen molar-refractivity contribution in [2.75, 3.05) is 6.54 Å². The van der Waals surface area contributed by atoms with Crippen LogP contribution in [-0.2, 0) is 15.1 Å². The SMILES string of the molecule is O=CC(=O)CCNC(c1ccccc1)(c1ccccc1)c1ccccc1. The van der Waals surface area contributed by atoms with E-state index in [9.17, 15) is 9.59 Å². The van der Waals surface area contributed by atoms with Crippen molar-refractivity contribution < 1.29 is 9.59 Å². The van der Waals surface area contributed by atoms with Gasteiger partial charge in [-0.15, -0.1) is 0 Å². The van der Waals surface area contributed by atoms with Gasteiger partial charge in [-0.05, 0) is 16.7 Å². The fraction of sp³-hybridized carbons (Fsp3) is 0.130. The Bertz CT molecular complexity index is 748. The number of ketones is 1. The summed E-state index contributed by atoms with van der Waals surface area (Å²) in [6, 6.07) is 30.5. The first-order chi connectivity index (χ1) is 12.8. The van der Waals surface area contributed by atoms with Gasteiger partial charge in [-0.1, -0.05) is 91.0 Å². The number of Topliss-reactive ketones (excluding diaryl/α,β-unsaturated/α-hetero) is 1. The highest BCUT2D eigenvalue weighted by molar-refractivity contribution is 6.24. The molecule has 0 fully saturated rings. The second-order valence-corrected chi connectivity index (χ2v) is 6.11. The third-order valence-electron chi connectivity index (χ3n) is 4.51. The second kappa shape index (κ2) is 8.37. The minimum absolute atomic E-state index is 0.164. The van der Waals surface area contributed by atoms with Gasteiger partial charge < -0.3 is 0 Å². The van der Waals surface area contributed by atoms with E-state index in [-0.39, 0.29) is 6.42 Å². The number of nitrogens with one attached hydrogen (secondary N) is 1. The lowest BCUT2D eigenvalue weighted by Crippen LogP contribution is -2.45. The zero-order valence-electron chi connectivity index (χ0n) is 14.5. The largest absolute Gasteiger partial charge is 0.300 e. The molecule has 1 N–H and O–H groups in total. The summed E-state index contributed by atoms with van der Waals surface area (Å²) >= 11 is 0. The standard InChI is InChI=1S/C23H21NO2/c25-18-22(26)16-17-24-23(19-10-4-1-5-11-19,20-12-6-2-7-13-20)21-14-8-3-9-15-21/h1-15,18,24H,16-17H2. The first-order valence-corrected chi connectivity index (χ1v) is 8.67. The third kappa shape index (κ3) is 3.63. The highest BCUT2D eigenvalue weighted by Gasteiger charge is 2.35. The molecule has 0 bridgehead atoms. The van der Waals surface area contributed by atoms with Gasteiger partial charge in [0.25, 0.3) is 0 Å². The minimum atomic E-state index is -0.604. The molecule has 0 aliphatic rings. The average molecular weight is 343 g/mol. The number of benzene rings is 3. The summed E-state index contributed by atoms with van der Waals surface area (Å²) in [6.45, 7) is 0.399. The first-order valence-electron chi connectivity index (χ1n) is 8.67. The summed E-state index contributed by atoms with van der Waals surface area (Å²) in [6.07, 6.45) is 0.550. The van der Waals surface area contributed by atoms with Crippen LogP contribution in [0.1, 0.15) is 23.1 Å². The molecule has 3 aromatic carbocycles. The lowest BCUT2D eigenvalue weighted by molar-refractivity contribution is -0.129. The lowest BCUT2D eigenvalue weighted by atomic mass is 9.77. The molecular weight excluding hydrogens is 322 g/mol. The number of hydrogen-bond acceptors (Lipinski definition) is 3. The summed E-state index contributed by atoms with van der Waals surface area (Å²) in [5.74, 6) is -0.402. The zero-order valence-corrected chi connectivity index (χ0v) is 14.5. The van der Waals surface area contributed by atoms with Gasteiger partial charge in [0.2, 0.25) is 0 Å². The van der Waals surface area contributed by atoms with Crippen LogP contribution in [0.15, 0.2) is 91.0 Å². The molecule has 0 radical (unpaired) electrons. The lowest BCUT2D eigenvalue weighted by Gasteiger charge is -2.37. The Morgan fingerprint density at radius 3 is 1.46 bits per heavy atom. The van der Waals surface area contributed by atoms with Crippen molar-refractivity contribution in [2.24, 2.45) is 0 Å². The summed E-state index contributed by atoms with van der Waals surface area (Å²) in [5.41, 5.74) is 2.63. The van der Waals surface area contributed by atoms with E-state index in [2.05, 4.69) is 41.7 Å². The maximum atomic E-state index is 11.5. The van der Waals surface area contributed by atoms with Crippen LogP contribution in [0, 0.1) is 0 Å². The molecule has 130 valence electrons. The summed E-state index contributed by atoms with van der Waals surface area (Å²) in [5, 5.41) is 3.57. The predicted molar refractivity (Wildman–Crippen MR) is 103 cm³/mol. The molecule has 3 aromatic rings. The van der Waals surface area contributed by atoms with Crippen LogP contribution in [0.3, 0.4) is 0 Å². The van der Waals surface area contributed by atoms with Crippen molar-refractivity contribution in [3.05, 3.63) is 108 Å². The van der Waals surface area contributed by atoms with Gasteiger partial charge in [-0.25, -0.2) is 0 Å². The van der Waals surface area contributed by atoms with Crippen LogP contribution < -0.4 is 5.32 Å². The number of hydrogen-bond donors (Lipinski definition) is 1. The van der Waals surface area contributed by atoms with Crippen LogP contribution >= 0.6 is 0 Å². The molecule has 0 heterocycles. The Kier molecular flexibility index (Phi) is 5.72. The normalized spacial score (nSPS) is 11.1. The Hall–Kier alpha value is -3.04. The van der Waals surface area contributed by atoms with E-state index in [1.807, 2.05) is 54.6 Å². The van der Waals surface area contributed by atoms with E-state index in [1.54, 1.807) is 0 Å². The van der Waals surface area contributed by atoms with E-state index in [0.717, 1.165) is 16.7 Å². The van der Waals surface area contributed by atoms with Crippen molar-refractivity contribution in [3.63, 3.8) is 0 Å².